The van der Waals surface area contributed by atoms with E-state index in [9.17, 15) is 15.0 Å². The first-order valence-corrected chi connectivity index (χ1v) is 30.5. The van der Waals surface area contributed by atoms with Gasteiger partial charge < -0.3 is 15.5 Å². The van der Waals surface area contributed by atoms with Crippen molar-refractivity contribution in [2.24, 2.45) is 0 Å². The van der Waals surface area contributed by atoms with Crippen LogP contribution in [-0.2, 0) is 4.79 Å². The summed E-state index contributed by atoms with van der Waals surface area (Å²) in [5.41, 5.74) is 0. The second-order valence-corrected chi connectivity index (χ2v) is 20.4. The maximum absolute atomic E-state index is 12.5. The normalized spacial score (nSPS) is 13.5. The number of hydrogen-bond donors (Lipinski definition) is 3. The molecule has 0 rings (SSSR count). The van der Waals surface area contributed by atoms with Gasteiger partial charge in [-0.25, -0.2) is 0 Å². The fourth-order valence-corrected chi connectivity index (χ4v) is 8.95. The molecule has 0 aromatic rings. The van der Waals surface area contributed by atoms with Crippen LogP contribution in [0.15, 0.2) is 97.2 Å². The number of carbonyl (C=O) groups is 1. The molecule has 3 N–H and O–H groups in total. The van der Waals surface area contributed by atoms with Crippen LogP contribution in [0, 0.1) is 0 Å². The van der Waals surface area contributed by atoms with Gasteiger partial charge in [0.15, 0.2) is 0 Å². The number of amides is 1. The predicted octanol–water partition coefficient (Wildman–Crippen LogP) is 20.5. The quantitative estimate of drug-likeness (QED) is 0.0420. The Morgan fingerprint density at radius 1 is 0.357 bits per heavy atom. The Balaban J connectivity index is 3.57. The highest BCUT2D eigenvalue weighted by Crippen LogP contribution is 2.17. The van der Waals surface area contributed by atoms with Crippen LogP contribution in [0.25, 0.3) is 0 Å². The lowest BCUT2D eigenvalue weighted by Gasteiger charge is -2.19. The van der Waals surface area contributed by atoms with E-state index in [4.69, 9.17) is 0 Å². The van der Waals surface area contributed by atoms with Gasteiger partial charge in [-0.2, -0.15) is 0 Å². The van der Waals surface area contributed by atoms with E-state index in [1.807, 2.05) is 6.08 Å². The summed E-state index contributed by atoms with van der Waals surface area (Å²) in [5.74, 6) is -0.0860. The average Bonchev–Trinajstić information content (AvgIpc) is 3.36. The van der Waals surface area contributed by atoms with Crippen LogP contribution < -0.4 is 5.32 Å². The van der Waals surface area contributed by atoms with Crippen LogP contribution in [0.5, 0.6) is 0 Å². The lowest BCUT2D eigenvalue weighted by atomic mass is 10.0. The fraction of sp³-hybridized carbons (Fsp3) is 0.742. The van der Waals surface area contributed by atoms with E-state index in [2.05, 4.69) is 104 Å². The molecule has 0 aliphatic rings. The standard InChI is InChI=1S/C66H117NO3/c1-3-5-7-9-11-13-15-17-19-21-23-25-27-29-30-31-32-33-34-35-36-38-39-41-43-45-47-49-51-53-55-57-59-61-65(69)64(63-68)67-66(70)62-60-58-56-54-52-50-48-46-44-42-40-37-28-26-24-22-20-18-16-14-12-10-8-6-4-2/h6,8,12,14,18,20,24,26,37,40,43,45,51,53,59,61,64-65,68-69H,3-5,7,9-11,13,15-17,19,21-23,25,27-36,38-39,41-42,44,46-50,52,54-58,60,62-63H2,1-2H3,(H,67,70)/b8-6-,14-12-,20-18-,26-24-,40-37-,45-43+,53-51+,61-59+. The number of nitrogens with one attached hydrogen (secondary N) is 1. The van der Waals surface area contributed by atoms with E-state index >= 15 is 0 Å². The third kappa shape index (κ3) is 56.2. The molecule has 1 amide bonds. The SMILES string of the molecule is CC/C=C\C/C=C\C/C=C\C/C=C\C/C=C\CCCCCCCCCCCC(=O)NC(CO)C(O)/C=C/CC/C=C/CC/C=C/CCCCCCCCCCCCCCCCCCCCCCCCC. The van der Waals surface area contributed by atoms with Gasteiger partial charge in [0.1, 0.15) is 0 Å². The minimum absolute atomic E-state index is 0.0860. The van der Waals surface area contributed by atoms with Crippen LogP contribution >= 0.6 is 0 Å². The fourth-order valence-electron chi connectivity index (χ4n) is 8.95. The van der Waals surface area contributed by atoms with Gasteiger partial charge in [0.05, 0.1) is 18.8 Å². The number of aliphatic hydroxyl groups is 2. The largest absolute Gasteiger partial charge is 0.394 e. The molecule has 0 aromatic carbocycles. The number of rotatable bonds is 55. The summed E-state index contributed by atoms with van der Waals surface area (Å²) in [6, 6.07) is -0.657. The highest BCUT2D eigenvalue weighted by atomic mass is 16.3. The topological polar surface area (TPSA) is 69.6 Å². The minimum atomic E-state index is -0.881. The lowest BCUT2D eigenvalue weighted by Crippen LogP contribution is -2.45. The molecule has 2 unspecified atom stereocenters. The molecule has 404 valence electrons. The van der Waals surface area contributed by atoms with Crippen molar-refractivity contribution < 1.29 is 15.0 Å². The molecule has 0 saturated heterocycles. The van der Waals surface area contributed by atoms with Gasteiger partial charge in [0, 0.05) is 6.42 Å². The Morgan fingerprint density at radius 2 is 0.643 bits per heavy atom. The Morgan fingerprint density at radius 3 is 1.00 bits per heavy atom. The number of carbonyl (C=O) groups excluding carboxylic acids is 1. The molecule has 0 radical (unpaired) electrons. The Labute approximate surface area is 436 Å². The molecule has 0 heterocycles. The molecule has 0 aliphatic carbocycles. The first kappa shape index (κ1) is 67.3. The number of allylic oxidation sites excluding steroid dienone is 15. The van der Waals surface area contributed by atoms with Crippen LogP contribution in [-0.4, -0.2) is 34.9 Å². The monoisotopic (exact) mass is 972 g/mol. The van der Waals surface area contributed by atoms with Gasteiger partial charge in [-0.15, -0.1) is 0 Å². The molecule has 0 fully saturated rings. The first-order valence-electron chi connectivity index (χ1n) is 30.5. The molecular formula is C66H117NO3. The first-order chi connectivity index (χ1) is 34.7. The van der Waals surface area contributed by atoms with Gasteiger partial charge in [0.25, 0.3) is 0 Å². The maximum atomic E-state index is 12.5. The molecule has 4 nitrogen and oxygen atoms in total. The van der Waals surface area contributed by atoms with Crippen molar-refractivity contribution in [1.29, 1.82) is 0 Å². The Hall–Kier alpha value is -2.69. The average molecular weight is 973 g/mol. The van der Waals surface area contributed by atoms with Crippen molar-refractivity contribution >= 4 is 5.91 Å². The molecule has 70 heavy (non-hydrogen) atoms. The van der Waals surface area contributed by atoms with Crippen LogP contribution in [0.1, 0.15) is 296 Å². The van der Waals surface area contributed by atoms with Crippen LogP contribution in [0.3, 0.4) is 0 Å². The Bertz CT molecular complexity index is 1290. The molecule has 0 aromatic heterocycles. The van der Waals surface area contributed by atoms with Gasteiger partial charge in [-0.3, -0.25) is 4.79 Å². The van der Waals surface area contributed by atoms with E-state index < -0.39 is 12.1 Å². The molecule has 0 spiro atoms. The summed E-state index contributed by atoms with van der Waals surface area (Å²) < 4.78 is 0. The predicted molar refractivity (Wildman–Crippen MR) is 313 cm³/mol. The number of unbranched alkanes of at least 4 members (excludes halogenated alkanes) is 34. The zero-order valence-electron chi connectivity index (χ0n) is 46.5. The van der Waals surface area contributed by atoms with Gasteiger partial charge in [-0.05, 0) is 89.9 Å². The van der Waals surface area contributed by atoms with Crippen molar-refractivity contribution in [3.63, 3.8) is 0 Å². The van der Waals surface area contributed by atoms with Crippen molar-refractivity contribution in [2.75, 3.05) is 6.61 Å². The van der Waals surface area contributed by atoms with Crippen molar-refractivity contribution in [1.82, 2.24) is 5.32 Å². The van der Waals surface area contributed by atoms with Gasteiger partial charge >= 0.3 is 0 Å². The molecular weight excluding hydrogens is 855 g/mol. The summed E-state index contributed by atoms with van der Waals surface area (Å²) in [7, 11) is 0. The molecule has 2 atom stereocenters. The van der Waals surface area contributed by atoms with Crippen LogP contribution in [0.2, 0.25) is 0 Å². The molecule has 0 saturated carbocycles. The second kappa shape index (κ2) is 60.6. The lowest BCUT2D eigenvalue weighted by molar-refractivity contribution is -0.123. The minimum Gasteiger partial charge on any atom is -0.394 e. The number of hydrogen-bond acceptors (Lipinski definition) is 3. The number of aliphatic hydroxyl groups excluding tert-OH is 2. The second-order valence-electron chi connectivity index (χ2n) is 20.4. The Kier molecular flexibility index (Phi) is 58.3. The van der Waals surface area contributed by atoms with Crippen molar-refractivity contribution in [3.05, 3.63) is 97.2 Å². The molecule has 0 aliphatic heterocycles. The molecule has 0 bridgehead atoms. The zero-order valence-corrected chi connectivity index (χ0v) is 46.5. The third-order valence-corrected chi connectivity index (χ3v) is 13.5. The van der Waals surface area contributed by atoms with E-state index in [0.717, 1.165) is 77.0 Å². The summed E-state index contributed by atoms with van der Waals surface area (Å²) in [6.45, 7) is 4.20. The zero-order chi connectivity index (χ0) is 50.6. The molecule has 4 heteroatoms. The van der Waals surface area contributed by atoms with E-state index in [-0.39, 0.29) is 12.5 Å². The maximum Gasteiger partial charge on any atom is 0.220 e. The highest BCUT2D eigenvalue weighted by Gasteiger charge is 2.18. The summed E-state index contributed by atoms with van der Waals surface area (Å²) in [6.07, 6.45) is 90.2. The van der Waals surface area contributed by atoms with E-state index in [0.29, 0.717) is 6.42 Å². The summed E-state index contributed by atoms with van der Waals surface area (Å²) in [4.78, 5) is 12.5. The van der Waals surface area contributed by atoms with E-state index in [1.165, 1.54) is 199 Å². The van der Waals surface area contributed by atoms with Gasteiger partial charge in [0.2, 0.25) is 5.91 Å². The van der Waals surface area contributed by atoms with E-state index in [1.54, 1.807) is 6.08 Å². The summed E-state index contributed by atoms with van der Waals surface area (Å²) >= 11 is 0. The van der Waals surface area contributed by atoms with Gasteiger partial charge in [-0.1, -0.05) is 297 Å². The van der Waals surface area contributed by atoms with Crippen LogP contribution in [0.4, 0.5) is 0 Å². The van der Waals surface area contributed by atoms with Crippen molar-refractivity contribution in [3.8, 4) is 0 Å². The summed E-state index contributed by atoms with van der Waals surface area (Å²) in [5, 5.41) is 23.2. The third-order valence-electron chi connectivity index (χ3n) is 13.5. The smallest absolute Gasteiger partial charge is 0.220 e. The van der Waals surface area contributed by atoms with Crippen molar-refractivity contribution in [2.45, 2.75) is 309 Å². The highest BCUT2D eigenvalue weighted by molar-refractivity contribution is 5.76.